The molecule has 0 radical (unpaired) electrons. The fourth-order valence-electron chi connectivity index (χ4n) is 1.26. The summed E-state index contributed by atoms with van der Waals surface area (Å²) >= 11 is 0. The van der Waals surface area contributed by atoms with Crippen LogP contribution in [0.2, 0.25) is 0 Å². The van der Waals surface area contributed by atoms with Crippen LogP contribution in [0.15, 0.2) is 12.7 Å². The van der Waals surface area contributed by atoms with Crippen LogP contribution in [-0.2, 0) is 19.0 Å². The first-order valence-electron chi connectivity index (χ1n) is 6.40. The van der Waals surface area contributed by atoms with Crippen molar-refractivity contribution in [2.45, 2.75) is 45.3 Å². The molecule has 0 aliphatic rings. The predicted molar refractivity (Wildman–Crippen MR) is 72.9 cm³/mol. The summed E-state index contributed by atoms with van der Waals surface area (Å²) in [5.41, 5.74) is -0.876. The molecule has 0 aromatic rings. The van der Waals surface area contributed by atoms with Crippen LogP contribution in [0.25, 0.3) is 0 Å². The van der Waals surface area contributed by atoms with Crippen LogP contribution >= 0.6 is 0 Å². The maximum Gasteiger partial charge on any atom is 0.330 e. The van der Waals surface area contributed by atoms with Crippen molar-refractivity contribution in [3.05, 3.63) is 12.7 Å². The first-order chi connectivity index (χ1) is 8.72. The topological polar surface area (TPSA) is 65.0 Å². The number of carbonyl (C=O) groups is 1. The highest BCUT2D eigenvalue weighted by molar-refractivity contribution is 5.81. The summed E-state index contributed by atoms with van der Waals surface area (Å²) in [6.07, 6.45) is 1.72. The Morgan fingerprint density at radius 1 is 1.16 bits per heavy atom. The van der Waals surface area contributed by atoms with Crippen LogP contribution in [0.1, 0.15) is 34.1 Å². The molecule has 0 saturated carbocycles. The third-order valence-electron chi connectivity index (χ3n) is 2.51. The molecule has 0 aromatic carbocycles. The number of aliphatic hydroxyl groups excluding tert-OH is 1. The quantitative estimate of drug-likeness (QED) is 0.485. The monoisotopic (exact) mass is 274 g/mol. The maximum absolute atomic E-state index is 10.9. The highest BCUT2D eigenvalue weighted by atomic mass is 16.6. The van der Waals surface area contributed by atoms with E-state index in [2.05, 4.69) is 6.58 Å². The van der Waals surface area contributed by atoms with Gasteiger partial charge in [0.05, 0.1) is 37.6 Å². The van der Waals surface area contributed by atoms with Crippen molar-refractivity contribution in [1.82, 2.24) is 0 Å². The van der Waals surface area contributed by atoms with Crippen molar-refractivity contribution >= 4 is 5.97 Å². The lowest BCUT2D eigenvalue weighted by atomic mass is 10.0. The van der Waals surface area contributed by atoms with E-state index in [1.807, 2.05) is 27.7 Å². The van der Waals surface area contributed by atoms with Crippen LogP contribution in [0.4, 0.5) is 0 Å². The normalized spacial score (nSPS) is 12.3. The number of carbonyl (C=O) groups excluding carboxylic acids is 1. The predicted octanol–water partition coefficient (Wildman–Crippen LogP) is 1.69. The van der Waals surface area contributed by atoms with Crippen LogP contribution in [0.5, 0.6) is 0 Å². The Morgan fingerprint density at radius 3 is 2.32 bits per heavy atom. The third kappa shape index (κ3) is 9.64. The molecule has 0 atom stereocenters. The fourth-order valence-corrected chi connectivity index (χ4v) is 1.26. The second kappa shape index (κ2) is 8.30. The van der Waals surface area contributed by atoms with E-state index in [1.165, 1.54) is 0 Å². The minimum atomic E-state index is -0.461. The summed E-state index contributed by atoms with van der Waals surface area (Å²) < 4.78 is 16.2. The minimum absolute atomic E-state index is 0.00960. The first-order valence-corrected chi connectivity index (χ1v) is 6.40. The summed E-state index contributed by atoms with van der Waals surface area (Å²) in [4.78, 5) is 10.9. The Kier molecular flexibility index (Phi) is 7.90. The Balaban J connectivity index is 4.00. The van der Waals surface area contributed by atoms with E-state index in [9.17, 15) is 4.79 Å². The lowest BCUT2D eigenvalue weighted by Crippen LogP contribution is -2.37. The van der Waals surface area contributed by atoms with Gasteiger partial charge in [-0.25, -0.2) is 4.79 Å². The van der Waals surface area contributed by atoms with Crippen molar-refractivity contribution in [3.63, 3.8) is 0 Å². The number of esters is 1. The molecule has 0 spiro atoms. The minimum Gasteiger partial charge on any atom is -0.462 e. The molecule has 0 heterocycles. The van der Waals surface area contributed by atoms with Gasteiger partial charge in [-0.3, -0.25) is 0 Å². The second-order valence-corrected chi connectivity index (χ2v) is 5.50. The van der Waals surface area contributed by atoms with Gasteiger partial charge >= 0.3 is 5.97 Å². The van der Waals surface area contributed by atoms with Gasteiger partial charge in [-0.05, 0) is 27.7 Å². The summed E-state index contributed by atoms with van der Waals surface area (Å²) in [7, 11) is 0. The first kappa shape index (κ1) is 18.1. The summed E-state index contributed by atoms with van der Waals surface area (Å²) in [5.74, 6) is -0.428. The zero-order chi connectivity index (χ0) is 14.9. The highest BCUT2D eigenvalue weighted by Gasteiger charge is 2.25. The number of hydrogen-bond acceptors (Lipinski definition) is 5. The molecule has 0 amide bonds. The van der Waals surface area contributed by atoms with Crippen molar-refractivity contribution in [3.8, 4) is 0 Å². The SMILES string of the molecule is C=CC(=O)OCCC(C)(C)OCC(C)(C)OCCO. The van der Waals surface area contributed by atoms with Gasteiger partial charge in [0.2, 0.25) is 0 Å². The molecule has 0 unspecified atom stereocenters. The summed E-state index contributed by atoms with van der Waals surface area (Å²) in [6, 6.07) is 0. The van der Waals surface area contributed by atoms with Crippen molar-refractivity contribution < 1.29 is 24.1 Å². The molecule has 112 valence electrons. The lowest BCUT2D eigenvalue weighted by molar-refractivity contribution is -0.144. The number of hydrogen-bond donors (Lipinski definition) is 1. The van der Waals surface area contributed by atoms with Crippen molar-refractivity contribution in [1.29, 1.82) is 0 Å². The molecular weight excluding hydrogens is 248 g/mol. The molecule has 0 rings (SSSR count). The van der Waals surface area contributed by atoms with Gasteiger partial charge in [-0.2, -0.15) is 0 Å². The van der Waals surface area contributed by atoms with Crippen LogP contribution < -0.4 is 0 Å². The van der Waals surface area contributed by atoms with Gasteiger partial charge in [0.15, 0.2) is 0 Å². The maximum atomic E-state index is 10.9. The van der Waals surface area contributed by atoms with Crippen LogP contribution in [-0.4, -0.2) is 48.7 Å². The smallest absolute Gasteiger partial charge is 0.330 e. The van der Waals surface area contributed by atoms with Crippen molar-refractivity contribution in [2.75, 3.05) is 26.4 Å². The zero-order valence-electron chi connectivity index (χ0n) is 12.4. The molecular formula is C14H26O5. The van der Waals surface area contributed by atoms with Gasteiger partial charge in [0.1, 0.15) is 0 Å². The van der Waals surface area contributed by atoms with Gasteiger partial charge in [-0.1, -0.05) is 6.58 Å². The molecule has 0 aliphatic carbocycles. The fraction of sp³-hybridized carbons (Fsp3) is 0.786. The lowest BCUT2D eigenvalue weighted by Gasteiger charge is -2.31. The molecule has 0 bridgehead atoms. The van der Waals surface area contributed by atoms with E-state index in [0.717, 1.165) is 6.08 Å². The second-order valence-electron chi connectivity index (χ2n) is 5.50. The number of ether oxygens (including phenoxy) is 3. The van der Waals surface area contributed by atoms with Gasteiger partial charge in [0.25, 0.3) is 0 Å². The van der Waals surface area contributed by atoms with E-state index in [-0.39, 0.29) is 19.8 Å². The summed E-state index contributed by atoms with van der Waals surface area (Å²) in [6.45, 7) is 11.9. The summed E-state index contributed by atoms with van der Waals surface area (Å²) in [5, 5.41) is 8.73. The van der Waals surface area contributed by atoms with E-state index in [0.29, 0.717) is 13.0 Å². The largest absolute Gasteiger partial charge is 0.462 e. The van der Waals surface area contributed by atoms with E-state index in [4.69, 9.17) is 19.3 Å². The Labute approximate surface area is 115 Å². The van der Waals surface area contributed by atoms with Crippen LogP contribution in [0.3, 0.4) is 0 Å². The van der Waals surface area contributed by atoms with Crippen LogP contribution in [0, 0.1) is 0 Å². The van der Waals surface area contributed by atoms with Gasteiger partial charge < -0.3 is 19.3 Å². The standard InChI is InChI=1S/C14H26O5/c1-6-12(16)17-9-7-13(2,3)19-11-14(4,5)18-10-8-15/h6,15H,1,7-11H2,2-5H3. The molecule has 0 fully saturated rings. The molecule has 5 nitrogen and oxygen atoms in total. The molecule has 5 heteroatoms. The number of rotatable bonds is 10. The van der Waals surface area contributed by atoms with E-state index >= 15 is 0 Å². The Hall–Kier alpha value is -0.910. The Morgan fingerprint density at radius 2 is 1.79 bits per heavy atom. The van der Waals surface area contributed by atoms with Crippen molar-refractivity contribution in [2.24, 2.45) is 0 Å². The third-order valence-corrected chi connectivity index (χ3v) is 2.51. The highest BCUT2D eigenvalue weighted by Crippen LogP contribution is 2.19. The van der Waals surface area contributed by atoms with E-state index in [1.54, 1.807) is 0 Å². The zero-order valence-corrected chi connectivity index (χ0v) is 12.4. The molecule has 1 N–H and O–H groups in total. The average Bonchev–Trinajstić information content (AvgIpc) is 2.34. The molecule has 19 heavy (non-hydrogen) atoms. The van der Waals surface area contributed by atoms with E-state index < -0.39 is 17.2 Å². The molecule has 0 saturated heterocycles. The molecule has 0 aliphatic heterocycles. The Bertz CT molecular complexity index is 284. The molecule has 0 aromatic heterocycles. The van der Waals surface area contributed by atoms with Gasteiger partial charge in [0, 0.05) is 12.5 Å². The number of aliphatic hydroxyl groups is 1. The average molecular weight is 274 g/mol. The van der Waals surface area contributed by atoms with Gasteiger partial charge in [-0.15, -0.1) is 0 Å².